The van der Waals surface area contributed by atoms with Crippen molar-refractivity contribution in [3.05, 3.63) is 202 Å². The van der Waals surface area contributed by atoms with Crippen molar-refractivity contribution >= 4 is 6.15 Å². The number of hydrogen-bond donors (Lipinski definition) is 1. The zero-order valence-corrected chi connectivity index (χ0v) is 40.9. The molecule has 66 heavy (non-hydrogen) atoms. The third kappa shape index (κ3) is 16.9. The van der Waals surface area contributed by atoms with Crippen LogP contribution in [-0.2, 0) is 29.4 Å². The van der Waals surface area contributed by atoms with Crippen LogP contribution < -0.4 is 9.47 Å². The molecule has 7 nitrogen and oxygen atoms in total. The van der Waals surface area contributed by atoms with Crippen LogP contribution in [-0.4, -0.2) is 58.3 Å². The van der Waals surface area contributed by atoms with Gasteiger partial charge < -0.3 is 14.6 Å². The minimum Gasteiger partial charge on any atom is -0.489 e. The molecule has 7 heteroatoms. The average Bonchev–Trinajstić information content (AvgIpc) is 3.32. The van der Waals surface area contributed by atoms with Crippen LogP contribution >= 0.6 is 0 Å². The fourth-order valence-electron chi connectivity index (χ4n) is 8.80. The van der Waals surface area contributed by atoms with Gasteiger partial charge in [-0.15, -0.1) is 0 Å². The molecule has 0 amide bonds. The lowest BCUT2D eigenvalue weighted by molar-refractivity contribution is -0.191. The van der Waals surface area contributed by atoms with E-state index in [0.717, 1.165) is 54.1 Å². The Labute approximate surface area is 396 Å². The highest BCUT2D eigenvalue weighted by molar-refractivity contribution is 5.46. The van der Waals surface area contributed by atoms with E-state index in [0.29, 0.717) is 43.3 Å². The van der Waals surface area contributed by atoms with Gasteiger partial charge in [-0.2, -0.15) is 9.59 Å². The summed E-state index contributed by atoms with van der Waals surface area (Å²) in [6, 6.07) is 57.0. The lowest BCUT2D eigenvalue weighted by Crippen LogP contribution is -2.38. The molecule has 2 atom stereocenters. The maximum Gasteiger partial charge on any atom is 0.373 e. The van der Waals surface area contributed by atoms with Crippen molar-refractivity contribution in [1.29, 1.82) is 0 Å². The van der Waals surface area contributed by atoms with Gasteiger partial charge in [0.05, 0.1) is 6.61 Å². The van der Waals surface area contributed by atoms with Gasteiger partial charge in [0.25, 0.3) is 0 Å². The Morgan fingerprint density at radius 1 is 0.470 bits per heavy atom. The molecule has 0 radical (unpaired) electrons. The largest absolute Gasteiger partial charge is 0.489 e. The third-order valence-corrected chi connectivity index (χ3v) is 12.1. The molecule has 350 valence electrons. The van der Waals surface area contributed by atoms with Crippen LogP contribution in [0.2, 0.25) is 0 Å². The molecule has 0 heterocycles. The highest BCUT2D eigenvalue weighted by Crippen LogP contribution is 2.38. The fraction of sp³-hybridized carbons (Fsp3) is 0.373. The summed E-state index contributed by atoms with van der Waals surface area (Å²) < 4.78 is 12.7. The molecule has 0 unspecified atom stereocenters. The number of aliphatic hydroxyl groups excluding tert-OH is 1. The molecule has 0 aliphatic rings. The Bertz CT molecular complexity index is 2260. The van der Waals surface area contributed by atoms with Crippen LogP contribution in [0.5, 0.6) is 11.5 Å². The van der Waals surface area contributed by atoms with Crippen LogP contribution in [0.3, 0.4) is 0 Å². The van der Waals surface area contributed by atoms with Crippen molar-refractivity contribution in [2.45, 2.75) is 131 Å². The summed E-state index contributed by atoms with van der Waals surface area (Å²) in [5.74, 6) is 2.37. The molecule has 6 aromatic carbocycles. The van der Waals surface area contributed by atoms with Gasteiger partial charge in [-0.05, 0) is 134 Å². The van der Waals surface area contributed by atoms with Gasteiger partial charge in [-0.3, -0.25) is 9.80 Å². The molecular formula is C59H74N2O5. The molecule has 0 saturated heterocycles. The van der Waals surface area contributed by atoms with E-state index in [9.17, 15) is 5.11 Å². The zero-order chi connectivity index (χ0) is 47.8. The van der Waals surface area contributed by atoms with E-state index in [1.54, 1.807) is 0 Å². The first kappa shape index (κ1) is 52.8. The summed E-state index contributed by atoms with van der Waals surface area (Å²) in [6.45, 7) is 23.6. The molecule has 1 N–H and O–H groups in total. The normalized spacial score (nSPS) is 12.1. The monoisotopic (exact) mass is 891 g/mol. The van der Waals surface area contributed by atoms with Gasteiger partial charge in [0, 0.05) is 47.1 Å². The highest BCUT2D eigenvalue weighted by atomic mass is 16.5. The Kier molecular flexibility index (Phi) is 22.6. The van der Waals surface area contributed by atoms with E-state index in [-0.39, 0.29) is 18.7 Å². The van der Waals surface area contributed by atoms with Crippen molar-refractivity contribution < 1.29 is 24.2 Å². The minimum atomic E-state index is 0.0254. The fourth-order valence-corrected chi connectivity index (χ4v) is 8.80. The van der Waals surface area contributed by atoms with E-state index in [1.165, 1.54) is 27.8 Å². The van der Waals surface area contributed by atoms with Crippen molar-refractivity contribution in [2.75, 3.05) is 13.1 Å². The smallest absolute Gasteiger partial charge is 0.373 e. The molecule has 6 aromatic rings. The van der Waals surface area contributed by atoms with Crippen molar-refractivity contribution in [2.24, 2.45) is 0 Å². The summed E-state index contributed by atoms with van der Waals surface area (Å²) in [6.07, 6.45) is 2.29. The number of benzene rings is 6. The Hall–Kier alpha value is -5.82. The van der Waals surface area contributed by atoms with Gasteiger partial charge >= 0.3 is 6.15 Å². The molecule has 6 rings (SSSR count). The maximum absolute atomic E-state index is 9.83. The molecule has 0 bridgehead atoms. The van der Waals surface area contributed by atoms with Crippen molar-refractivity contribution in [3.8, 4) is 11.5 Å². The Morgan fingerprint density at radius 3 is 1.18 bits per heavy atom. The van der Waals surface area contributed by atoms with Crippen LogP contribution in [0, 0.1) is 6.92 Å². The summed E-state index contributed by atoms with van der Waals surface area (Å²) in [5, 5.41) is 9.83. The molecule has 0 aliphatic carbocycles. The summed E-state index contributed by atoms with van der Waals surface area (Å²) in [5.41, 5.74) is 9.58. The summed E-state index contributed by atoms with van der Waals surface area (Å²) >= 11 is 0. The second-order valence-electron chi connectivity index (χ2n) is 18.1. The average molecular weight is 891 g/mol. The van der Waals surface area contributed by atoms with Crippen LogP contribution in [0.1, 0.15) is 125 Å². The maximum atomic E-state index is 9.83. The molecule has 0 spiro atoms. The number of aryl methyl sites for hydroxylation is 1. The number of rotatable bonds is 21. The van der Waals surface area contributed by atoms with Crippen molar-refractivity contribution in [1.82, 2.24) is 9.80 Å². The van der Waals surface area contributed by atoms with Gasteiger partial charge in [-0.25, -0.2) is 0 Å². The number of carbonyl (C=O) groups excluding carboxylic acids is 2. The number of nitrogens with zero attached hydrogens (tertiary/aromatic N) is 2. The van der Waals surface area contributed by atoms with E-state index in [4.69, 9.17) is 19.1 Å². The molecule has 0 aliphatic heterocycles. The van der Waals surface area contributed by atoms with E-state index in [2.05, 4.69) is 193 Å². The second kappa shape index (κ2) is 28.3. The number of hydrogen-bond acceptors (Lipinski definition) is 7. The Morgan fingerprint density at radius 2 is 0.818 bits per heavy atom. The minimum absolute atomic E-state index is 0.0254. The number of ether oxygens (including phenoxy) is 2. The highest BCUT2D eigenvalue weighted by Gasteiger charge is 2.24. The van der Waals surface area contributed by atoms with Crippen molar-refractivity contribution in [3.63, 3.8) is 0 Å². The van der Waals surface area contributed by atoms with Gasteiger partial charge in [0.15, 0.2) is 0 Å². The topological polar surface area (TPSA) is 79.3 Å². The molecular weight excluding hydrogens is 817 g/mol. The quantitative estimate of drug-likeness (QED) is 0.0771. The third-order valence-electron chi connectivity index (χ3n) is 12.1. The first-order chi connectivity index (χ1) is 31.9. The predicted octanol–water partition coefficient (Wildman–Crippen LogP) is 13.0. The molecule has 0 saturated carbocycles. The lowest BCUT2D eigenvalue weighted by Gasteiger charge is -2.32. The van der Waals surface area contributed by atoms with Gasteiger partial charge in [0.2, 0.25) is 0 Å². The van der Waals surface area contributed by atoms with Crippen LogP contribution in [0.4, 0.5) is 0 Å². The zero-order valence-electron chi connectivity index (χ0n) is 40.9. The van der Waals surface area contributed by atoms with Gasteiger partial charge in [0.1, 0.15) is 24.7 Å². The Balaban J connectivity index is 0.000000272. The summed E-state index contributed by atoms with van der Waals surface area (Å²) in [7, 11) is 0. The molecule has 0 aromatic heterocycles. The van der Waals surface area contributed by atoms with E-state index < -0.39 is 0 Å². The van der Waals surface area contributed by atoms with Crippen LogP contribution in [0.25, 0.3) is 0 Å². The SMILES string of the molecule is CC(C)N(CC[C@H](c1ccccc1)c1cc(CO)ccc1OCc1ccccc1)C(C)C.Cc1ccc(OCc2ccccc2)c([C@H](CCN(C(C)C)C(C)C)c2ccccc2)c1.O=C=O. The number of aliphatic hydroxyl groups is 1. The standard InChI is InChI=1S/C29H37NO2.C29H37NO.CO2/c1-22(2)30(23(3)4)18-17-27(26-13-9-6-10-14-26)28-19-25(20-31)15-16-29(28)32-21-24-11-7-5-8-12-24;1-22(2)30(23(3)4)19-18-27(26-14-10-7-11-15-26)28-20-24(5)16-17-29(28)31-21-25-12-8-6-9-13-25;2-1-3/h5-16,19,22-23,27,31H,17-18,20-21H2,1-4H3;6-17,20,22-23,27H,18-19,21H2,1-5H3;/t2*27-;/m11./s1. The first-order valence-corrected chi connectivity index (χ1v) is 23.6. The first-order valence-electron chi connectivity index (χ1n) is 23.6. The van der Waals surface area contributed by atoms with Crippen LogP contribution in [0.15, 0.2) is 158 Å². The van der Waals surface area contributed by atoms with E-state index in [1.807, 2.05) is 36.4 Å². The lowest BCUT2D eigenvalue weighted by atomic mass is 9.86. The second-order valence-corrected chi connectivity index (χ2v) is 18.1. The molecule has 0 fully saturated rings. The van der Waals surface area contributed by atoms with Gasteiger partial charge in [-0.1, -0.05) is 145 Å². The predicted molar refractivity (Wildman–Crippen MR) is 270 cm³/mol. The van der Waals surface area contributed by atoms with E-state index >= 15 is 0 Å². The summed E-state index contributed by atoms with van der Waals surface area (Å²) in [4.78, 5) is 21.4.